The van der Waals surface area contributed by atoms with E-state index >= 15 is 0 Å². The van der Waals surface area contributed by atoms with Crippen LogP contribution in [-0.4, -0.2) is 24.1 Å². The minimum absolute atomic E-state index is 0.832. The van der Waals surface area contributed by atoms with Gasteiger partial charge in [0.1, 0.15) is 11.6 Å². The number of aromatic nitrogens is 5. The number of fused-ring (bicyclic) bond motifs is 1. The van der Waals surface area contributed by atoms with Crippen LogP contribution < -0.4 is 0 Å². The zero-order valence-corrected chi connectivity index (χ0v) is 15.5. The Morgan fingerprint density at radius 1 is 0.893 bits per heavy atom. The van der Waals surface area contributed by atoms with Gasteiger partial charge >= 0.3 is 0 Å². The summed E-state index contributed by atoms with van der Waals surface area (Å²) >= 11 is 0. The van der Waals surface area contributed by atoms with Crippen LogP contribution in [0.25, 0.3) is 33.8 Å². The van der Waals surface area contributed by atoms with Gasteiger partial charge in [-0.2, -0.15) is 9.61 Å². The molecule has 0 bridgehead atoms. The number of benzene rings is 2. The maximum Gasteiger partial charge on any atom is 0.165 e. The first kappa shape index (κ1) is 16.4. The number of hydrogen-bond donors (Lipinski definition) is 0. The third-order valence-electron chi connectivity index (χ3n) is 4.89. The summed E-state index contributed by atoms with van der Waals surface area (Å²) in [4.78, 5) is 9.46. The molecular weight excluding hydrogens is 346 g/mol. The molecule has 0 N–H and O–H groups in total. The summed E-state index contributed by atoms with van der Waals surface area (Å²) in [5, 5.41) is 4.67. The summed E-state index contributed by atoms with van der Waals surface area (Å²) in [5.74, 6) is 1.92. The lowest BCUT2D eigenvalue weighted by Crippen LogP contribution is -2.08. The van der Waals surface area contributed by atoms with Gasteiger partial charge in [0.15, 0.2) is 5.65 Å². The van der Waals surface area contributed by atoms with Crippen LogP contribution in [0, 0.1) is 0 Å². The van der Waals surface area contributed by atoms with Gasteiger partial charge < -0.3 is 0 Å². The van der Waals surface area contributed by atoms with Crippen LogP contribution in [-0.2, 0) is 6.42 Å². The van der Waals surface area contributed by atoms with Gasteiger partial charge in [0.25, 0.3) is 0 Å². The molecule has 2 aromatic carbocycles. The maximum absolute atomic E-state index is 4.97. The largest absolute Gasteiger partial charge is 0.288 e. The van der Waals surface area contributed by atoms with Crippen LogP contribution in [0.3, 0.4) is 0 Å². The number of rotatable bonds is 4. The van der Waals surface area contributed by atoms with E-state index in [0.29, 0.717) is 0 Å². The molecule has 0 saturated carbocycles. The van der Waals surface area contributed by atoms with E-state index in [-0.39, 0.29) is 0 Å². The molecule has 3 heterocycles. The molecule has 136 valence electrons. The highest BCUT2D eigenvalue weighted by Crippen LogP contribution is 2.28. The van der Waals surface area contributed by atoms with Crippen LogP contribution in [0.4, 0.5) is 0 Å². The third kappa shape index (κ3) is 2.68. The van der Waals surface area contributed by atoms with Gasteiger partial charge in [0, 0.05) is 36.0 Å². The van der Waals surface area contributed by atoms with Crippen molar-refractivity contribution in [3.05, 3.63) is 91.1 Å². The summed E-state index contributed by atoms with van der Waals surface area (Å²) < 4.78 is 3.98. The fourth-order valence-corrected chi connectivity index (χ4v) is 3.50. The van der Waals surface area contributed by atoms with Crippen molar-refractivity contribution < 1.29 is 0 Å². The molecule has 0 aliphatic heterocycles. The fourth-order valence-electron chi connectivity index (χ4n) is 3.50. The van der Waals surface area contributed by atoms with Crippen molar-refractivity contribution in [1.82, 2.24) is 24.1 Å². The molecule has 0 radical (unpaired) electrons. The van der Waals surface area contributed by atoms with E-state index in [9.17, 15) is 0 Å². The molecule has 3 aromatic heterocycles. The van der Waals surface area contributed by atoms with E-state index in [0.717, 1.165) is 46.1 Å². The van der Waals surface area contributed by atoms with Crippen molar-refractivity contribution in [3.8, 4) is 28.2 Å². The van der Waals surface area contributed by atoms with Gasteiger partial charge in [0.05, 0.1) is 11.9 Å². The molecule has 0 aliphatic rings. The molecule has 5 rings (SSSR count). The van der Waals surface area contributed by atoms with Crippen molar-refractivity contribution in [2.24, 2.45) is 0 Å². The standard InChI is InChI=1S/C23H19N5/c1-2-21-24-13-14-27(21)22-15-20(18-11-7-4-8-12-18)26-23-19(16-25-28(22)23)17-9-5-3-6-10-17/h3-16H,2H2,1H3. The van der Waals surface area contributed by atoms with E-state index in [1.165, 1.54) is 0 Å². The zero-order valence-electron chi connectivity index (χ0n) is 15.5. The van der Waals surface area contributed by atoms with Gasteiger partial charge in [-0.1, -0.05) is 67.6 Å². The Bertz CT molecular complexity index is 1240. The van der Waals surface area contributed by atoms with E-state index in [1.54, 1.807) is 0 Å². The first-order valence-electron chi connectivity index (χ1n) is 9.37. The number of aryl methyl sites for hydroxylation is 1. The minimum atomic E-state index is 0.832. The van der Waals surface area contributed by atoms with Gasteiger partial charge in [-0.25, -0.2) is 9.97 Å². The van der Waals surface area contributed by atoms with Crippen molar-refractivity contribution in [3.63, 3.8) is 0 Å². The van der Waals surface area contributed by atoms with Gasteiger partial charge in [-0.15, -0.1) is 0 Å². The second-order valence-corrected chi connectivity index (χ2v) is 6.59. The van der Waals surface area contributed by atoms with Crippen molar-refractivity contribution in [2.45, 2.75) is 13.3 Å². The van der Waals surface area contributed by atoms with Crippen molar-refractivity contribution >= 4 is 5.65 Å². The topological polar surface area (TPSA) is 48.0 Å². The molecule has 5 nitrogen and oxygen atoms in total. The van der Waals surface area contributed by atoms with Crippen LogP contribution in [0.15, 0.2) is 85.3 Å². The molecule has 0 unspecified atom stereocenters. The average molecular weight is 365 g/mol. The van der Waals surface area contributed by atoms with Gasteiger partial charge in [-0.05, 0) is 5.56 Å². The number of imidazole rings is 1. The fraction of sp³-hybridized carbons (Fsp3) is 0.0870. The molecule has 0 amide bonds. The Hall–Kier alpha value is -3.73. The van der Waals surface area contributed by atoms with Crippen LogP contribution in [0.5, 0.6) is 0 Å². The van der Waals surface area contributed by atoms with Crippen LogP contribution in [0.2, 0.25) is 0 Å². The summed E-state index contributed by atoms with van der Waals surface area (Å²) in [6.07, 6.45) is 6.53. The molecule has 0 atom stereocenters. The Balaban J connectivity index is 1.82. The predicted molar refractivity (Wildman–Crippen MR) is 110 cm³/mol. The summed E-state index contributed by atoms with van der Waals surface area (Å²) in [6, 6.07) is 22.6. The average Bonchev–Trinajstić information content (AvgIpc) is 3.41. The third-order valence-corrected chi connectivity index (χ3v) is 4.89. The van der Waals surface area contributed by atoms with Crippen LogP contribution >= 0.6 is 0 Å². The SMILES string of the molecule is CCc1nccn1-c1cc(-c2ccccc2)nc2c(-c3ccccc3)cnn12. The lowest BCUT2D eigenvalue weighted by Gasteiger charge is -2.12. The quantitative estimate of drug-likeness (QED) is 0.459. The van der Waals surface area contributed by atoms with Crippen molar-refractivity contribution in [1.29, 1.82) is 0 Å². The molecule has 0 spiro atoms. The van der Waals surface area contributed by atoms with E-state index in [1.807, 2.05) is 59.5 Å². The number of hydrogen-bond acceptors (Lipinski definition) is 3. The highest BCUT2D eigenvalue weighted by molar-refractivity contribution is 5.79. The van der Waals surface area contributed by atoms with Gasteiger partial charge in [0.2, 0.25) is 0 Å². The Morgan fingerprint density at radius 3 is 2.32 bits per heavy atom. The molecule has 0 saturated heterocycles. The first-order valence-corrected chi connectivity index (χ1v) is 9.37. The van der Waals surface area contributed by atoms with Crippen LogP contribution in [0.1, 0.15) is 12.7 Å². The summed E-state index contributed by atoms with van der Waals surface area (Å²) in [7, 11) is 0. The Kier molecular flexibility index (Phi) is 3.98. The molecule has 5 aromatic rings. The van der Waals surface area contributed by atoms with E-state index < -0.39 is 0 Å². The molecule has 0 fully saturated rings. The van der Waals surface area contributed by atoms with E-state index in [4.69, 9.17) is 4.98 Å². The smallest absolute Gasteiger partial charge is 0.165 e. The summed E-state index contributed by atoms with van der Waals surface area (Å²) in [6.45, 7) is 2.10. The molecule has 28 heavy (non-hydrogen) atoms. The Labute approximate surface area is 162 Å². The summed E-state index contributed by atoms with van der Waals surface area (Å²) in [5.41, 5.74) is 4.93. The monoisotopic (exact) mass is 365 g/mol. The second kappa shape index (κ2) is 6.78. The zero-order chi connectivity index (χ0) is 18.9. The lowest BCUT2D eigenvalue weighted by atomic mass is 10.1. The van der Waals surface area contributed by atoms with Crippen molar-refractivity contribution in [2.75, 3.05) is 0 Å². The number of nitrogens with zero attached hydrogens (tertiary/aromatic N) is 5. The predicted octanol–water partition coefficient (Wildman–Crippen LogP) is 4.81. The normalized spacial score (nSPS) is 11.2. The van der Waals surface area contributed by atoms with E-state index in [2.05, 4.69) is 51.9 Å². The second-order valence-electron chi connectivity index (χ2n) is 6.59. The lowest BCUT2D eigenvalue weighted by molar-refractivity contribution is 0.807. The van der Waals surface area contributed by atoms with Gasteiger partial charge in [-0.3, -0.25) is 4.57 Å². The first-order chi connectivity index (χ1) is 13.8. The highest BCUT2D eigenvalue weighted by atomic mass is 15.3. The maximum atomic E-state index is 4.97. The minimum Gasteiger partial charge on any atom is -0.288 e. The Morgan fingerprint density at radius 2 is 1.61 bits per heavy atom. The molecule has 0 aliphatic carbocycles. The highest BCUT2D eigenvalue weighted by Gasteiger charge is 2.16. The molecular formula is C23H19N5. The molecule has 5 heteroatoms.